The molecular formula is C15H10O5. The van der Waals surface area contributed by atoms with Crippen molar-refractivity contribution in [1.82, 2.24) is 0 Å². The molecule has 0 saturated heterocycles. The maximum Gasteiger partial charge on any atom is 0.348 e. The fourth-order valence-corrected chi connectivity index (χ4v) is 2.70. The van der Waals surface area contributed by atoms with Gasteiger partial charge in [-0.3, -0.25) is 0 Å². The maximum atomic E-state index is 12.2. The second kappa shape index (κ2) is 3.66. The molecule has 4 rings (SSSR count). The molecule has 0 amide bonds. The summed E-state index contributed by atoms with van der Waals surface area (Å²) >= 11 is 0. The Morgan fingerprint density at radius 3 is 2.85 bits per heavy atom. The van der Waals surface area contributed by atoms with Gasteiger partial charge in [-0.25, -0.2) is 4.79 Å². The predicted molar refractivity (Wildman–Crippen MR) is 72.5 cm³/mol. The first kappa shape index (κ1) is 11.2. The number of phenols is 1. The molecule has 1 aliphatic heterocycles. The summed E-state index contributed by atoms with van der Waals surface area (Å²) in [6.45, 7) is 1.95. The summed E-state index contributed by atoms with van der Waals surface area (Å²) in [6.07, 6.45) is 0. The smallest absolute Gasteiger partial charge is 0.348 e. The Morgan fingerprint density at radius 1 is 1.15 bits per heavy atom. The Balaban J connectivity index is 2.29. The normalized spacial score (nSPS) is 13.2. The number of aromatic hydroxyl groups is 1. The third-order valence-electron chi connectivity index (χ3n) is 3.50. The number of phenolic OH excluding ortho intramolecular Hbond substituents is 1. The van der Waals surface area contributed by atoms with E-state index in [4.69, 9.17) is 13.9 Å². The molecule has 1 aromatic heterocycles. The molecule has 2 heterocycles. The Morgan fingerprint density at radius 2 is 2.00 bits per heavy atom. The highest BCUT2D eigenvalue weighted by Crippen LogP contribution is 2.40. The minimum Gasteiger partial charge on any atom is -0.508 e. The van der Waals surface area contributed by atoms with E-state index in [1.54, 1.807) is 12.1 Å². The lowest BCUT2D eigenvalue weighted by atomic mass is 10.0. The zero-order valence-corrected chi connectivity index (χ0v) is 10.6. The Kier molecular flexibility index (Phi) is 2.04. The Bertz CT molecular complexity index is 923. The van der Waals surface area contributed by atoms with Gasteiger partial charge in [0.15, 0.2) is 11.5 Å². The molecule has 0 saturated carbocycles. The number of ether oxygens (including phenoxy) is 2. The largest absolute Gasteiger partial charge is 0.508 e. The Hall–Kier alpha value is -2.69. The fraction of sp³-hybridized carbons (Fsp3) is 0.133. The van der Waals surface area contributed by atoms with Crippen LogP contribution in [0.15, 0.2) is 33.5 Å². The van der Waals surface area contributed by atoms with Gasteiger partial charge in [0.25, 0.3) is 0 Å². The van der Waals surface area contributed by atoms with Gasteiger partial charge in [-0.1, -0.05) is 0 Å². The van der Waals surface area contributed by atoms with Crippen LogP contribution in [0.1, 0.15) is 5.56 Å². The van der Waals surface area contributed by atoms with Crippen LogP contribution in [0.3, 0.4) is 0 Å². The molecule has 3 aromatic rings. The monoisotopic (exact) mass is 270 g/mol. The molecule has 0 bridgehead atoms. The summed E-state index contributed by atoms with van der Waals surface area (Å²) in [5.41, 5.74) is 0.686. The fourth-order valence-electron chi connectivity index (χ4n) is 2.70. The van der Waals surface area contributed by atoms with Crippen LogP contribution in [0.4, 0.5) is 0 Å². The maximum absolute atomic E-state index is 12.2. The molecule has 2 aromatic carbocycles. The molecule has 5 nitrogen and oxygen atoms in total. The summed E-state index contributed by atoms with van der Waals surface area (Å²) in [5.74, 6) is 1.03. The first-order valence-electron chi connectivity index (χ1n) is 6.14. The van der Waals surface area contributed by atoms with Gasteiger partial charge in [0.1, 0.15) is 16.7 Å². The number of hydrogen-bond donors (Lipinski definition) is 1. The van der Waals surface area contributed by atoms with Crippen LogP contribution < -0.4 is 15.1 Å². The first-order valence-corrected chi connectivity index (χ1v) is 6.14. The van der Waals surface area contributed by atoms with E-state index in [0.29, 0.717) is 22.5 Å². The van der Waals surface area contributed by atoms with E-state index >= 15 is 0 Å². The van der Waals surface area contributed by atoms with Crippen LogP contribution in [0.2, 0.25) is 0 Å². The van der Waals surface area contributed by atoms with E-state index in [0.717, 1.165) is 16.3 Å². The van der Waals surface area contributed by atoms with E-state index < -0.39 is 5.63 Å². The summed E-state index contributed by atoms with van der Waals surface area (Å²) in [6, 6.07) is 6.65. The molecule has 1 N–H and O–H groups in total. The zero-order valence-electron chi connectivity index (χ0n) is 10.6. The number of fused-ring (bicyclic) bond motifs is 5. The molecule has 5 heteroatoms. The molecule has 0 unspecified atom stereocenters. The van der Waals surface area contributed by atoms with E-state index in [1.165, 1.54) is 6.07 Å². The standard InChI is InChI=1S/C15H10O5/c1-7-4-8(16)5-11-12(7)9-2-3-10-14(19-6-18-10)13(9)15(17)20-11/h2-5,16H,6H2,1H3. The molecule has 0 atom stereocenters. The van der Waals surface area contributed by atoms with Crippen molar-refractivity contribution < 1.29 is 19.0 Å². The summed E-state index contributed by atoms with van der Waals surface area (Å²) < 4.78 is 16.0. The van der Waals surface area contributed by atoms with Crippen molar-refractivity contribution in [3.05, 3.63) is 40.2 Å². The molecule has 100 valence electrons. The van der Waals surface area contributed by atoms with Crippen LogP contribution in [0.5, 0.6) is 17.2 Å². The van der Waals surface area contributed by atoms with Crippen molar-refractivity contribution >= 4 is 21.7 Å². The van der Waals surface area contributed by atoms with Gasteiger partial charge in [0.2, 0.25) is 6.79 Å². The van der Waals surface area contributed by atoms with E-state index in [1.807, 2.05) is 13.0 Å². The van der Waals surface area contributed by atoms with Gasteiger partial charge in [-0.05, 0) is 30.7 Å². The summed E-state index contributed by atoms with van der Waals surface area (Å²) in [7, 11) is 0. The van der Waals surface area contributed by atoms with E-state index in [-0.39, 0.29) is 12.5 Å². The second-order valence-corrected chi connectivity index (χ2v) is 4.75. The molecule has 20 heavy (non-hydrogen) atoms. The van der Waals surface area contributed by atoms with Gasteiger partial charge < -0.3 is 19.0 Å². The van der Waals surface area contributed by atoms with Gasteiger partial charge >= 0.3 is 5.63 Å². The zero-order chi connectivity index (χ0) is 13.9. The van der Waals surface area contributed by atoms with E-state index in [9.17, 15) is 9.90 Å². The molecule has 0 aliphatic carbocycles. The van der Waals surface area contributed by atoms with Crippen molar-refractivity contribution in [2.75, 3.05) is 6.79 Å². The highest BCUT2D eigenvalue weighted by molar-refractivity contribution is 6.09. The van der Waals surface area contributed by atoms with Crippen molar-refractivity contribution in [3.63, 3.8) is 0 Å². The molecule has 0 radical (unpaired) electrons. The average molecular weight is 270 g/mol. The highest BCUT2D eigenvalue weighted by Gasteiger charge is 2.22. The van der Waals surface area contributed by atoms with Gasteiger partial charge in [-0.15, -0.1) is 0 Å². The van der Waals surface area contributed by atoms with E-state index in [2.05, 4.69) is 0 Å². The first-order chi connectivity index (χ1) is 9.65. The number of rotatable bonds is 0. The lowest BCUT2D eigenvalue weighted by Crippen LogP contribution is -2.02. The molecule has 0 spiro atoms. The topological polar surface area (TPSA) is 68.9 Å². The lowest BCUT2D eigenvalue weighted by molar-refractivity contribution is 0.174. The van der Waals surface area contributed by atoms with Crippen molar-refractivity contribution in [2.45, 2.75) is 6.92 Å². The highest BCUT2D eigenvalue weighted by atomic mass is 16.7. The minimum atomic E-state index is -0.500. The predicted octanol–water partition coefficient (Wildman–Crippen LogP) is 2.69. The van der Waals surface area contributed by atoms with Crippen LogP contribution in [-0.2, 0) is 0 Å². The summed E-state index contributed by atoms with van der Waals surface area (Å²) in [5, 5.41) is 11.5. The molecular weight excluding hydrogens is 260 g/mol. The Labute approximate surface area is 113 Å². The third kappa shape index (κ3) is 1.34. The number of hydrogen-bond acceptors (Lipinski definition) is 5. The van der Waals surface area contributed by atoms with Crippen LogP contribution in [0, 0.1) is 6.92 Å². The molecule has 0 fully saturated rings. The lowest BCUT2D eigenvalue weighted by Gasteiger charge is -2.07. The quantitative estimate of drug-likeness (QED) is 0.502. The van der Waals surface area contributed by atoms with Gasteiger partial charge in [-0.2, -0.15) is 0 Å². The molecule has 1 aliphatic rings. The second-order valence-electron chi connectivity index (χ2n) is 4.75. The number of aryl methyl sites for hydroxylation is 1. The SMILES string of the molecule is Cc1cc(O)cc2oc(=O)c3c4c(ccc3c12)OCO4. The van der Waals surface area contributed by atoms with Gasteiger partial charge in [0.05, 0.1) is 0 Å². The van der Waals surface area contributed by atoms with Crippen molar-refractivity contribution in [2.24, 2.45) is 0 Å². The van der Waals surface area contributed by atoms with Crippen LogP contribution >= 0.6 is 0 Å². The average Bonchev–Trinajstić information content (AvgIpc) is 2.85. The minimum absolute atomic E-state index is 0.0678. The third-order valence-corrected chi connectivity index (χ3v) is 3.50. The summed E-state index contributed by atoms with van der Waals surface area (Å²) in [4.78, 5) is 12.2. The van der Waals surface area contributed by atoms with Crippen LogP contribution in [-0.4, -0.2) is 11.9 Å². The van der Waals surface area contributed by atoms with Crippen molar-refractivity contribution in [1.29, 1.82) is 0 Å². The number of benzene rings is 2. The van der Waals surface area contributed by atoms with Gasteiger partial charge in [0, 0.05) is 16.8 Å². The van der Waals surface area contributed by atoms with Crippen LogP contribution in [0.25, 0.3) is 21.7 Å². The van der Waals surface area contributed by atoms with Crippen molar-refractivity contribution in [3.8, 4) is 17.2 Å².